The predicted molar refractivity (Wildman–Crippen MR) is 183 cm³/mol. The van der Waals surface area contributed by atoms with Gasteiger partial charge in [0.2, 0.25) is 0 Å². The monoisotopic (exact) mass is 600 g/mol. The van der Waals surface area contributed by atoms with Crippen molar-refractivity contribution in [3.05, 3.63) is 168 Å². The number of fused-ring (bicyclic) bond motifs is 4. The highest BCUT2D eigenvalue weighted by molar-refractivity contribution is 6.09. The van der Waals surface area contributed by atoms with E-state index in [0.29, 0.717) is 0 Å². The summed E-state index contributed by atoms with van der Waals surface area (Å²) in [5.74, 6) is 0.851. The summed E-state index contributed by atoms with van der Waals surface area (Å²) in [5, 5.41) is 17.0. The minimum atomic E-state index is -0.202. The van der Waals surface area contributed by atoms with Gasteiger partial charge in [0.25, 0.3) is 0 Å². The topological polar surface area (TPSA) is 70.5 Å². The maximum atomic E-state index is 6.68. The smallest absolute Gasteiger partial charge is 0.196 e. The Morgan fingerprint density at radius 1 is 0.478 bits per heavy atom. The van der Waals surface area contributed by atoms with Crippen molar-refractivity contribution in [3.63, 3.8) is 0 Å². The molecule has 9 rings (SSSR count). The molecule has 1 saturated heterocycles. The average molecular weight is 601 g/mol. The first-order valence-electron chi connectivity index (χ1n) is 15.7. The second-order valence-corrected chi connectivity index (χ2v) is 11.9. The lowest BCUT2D eigenvalue weighted by Crippen LogP contribution is -2.54. The van der Waals surface area contributed by atoms with Gasteiger partial charge >= 0.3 is 0 Å². The zero-order valence-corrected chi connectivity index (χ0v) is 25.0. The average Bonchev–Trinajstić information content (AvgIpc) is 3.74. The summed E-state index contributed by atoms with van der Waals surface area (Å²) < 4.78 is 12.9. The van der Waals surface area contributed by atoms with Gasteiger partial charge in [-0.15, -0.1) is 0 Å². The van der Waals surface area contributed by atoms with Crippen LogP contribution >= 0.6 is 0 Å². The molecule has 3 unspecified atom stereocenters. The quantitative estimate of drug-likeness (QED) is 0.158. The molecule has 0 amide bonds. The second kappa shape index (κ2) is 11.2. The van der Waals surface area contributed by atoms with Gasteiger partial charge in [0.15, 0.2) is 6.23 Å². The highest BCUT2D eigenvalue weighted by Gasteiger charge is 2.30. The van der Waals surface area contributed by atoms with Gasteiger partial charge in [0.05, 0.1) is 24.2 Å². The molecule has 1 aromatic heterocycles. The van der Waals surface area contributed by atoms with Gasteiger partial charge in [0.1, 0.15) is 16.9 Å². The molecule has 3 heterocycles. The summed E-state index contributed by atoms with van der Waals surface area (Å²) in [7, 11) is 0. The number of hydrogen-bond acceptors (Lipinski definition) is 6. The van der Waals surface area contributed by atoms with Crippen LogP contribution in [0.5, 0.6) is 5.75 Å². The molecule has 4 N–H and O–H groups in total. The lowest BCUT2D eigenvalue weighted by atomic mass is 10.0. The second-order valence-electron chi connectivity index (χ2n) is 11.9. The fourth-order valence-electron chi connectivity index (χ4n) is 6.72. The molecule has 0 aliphatic carbocycles. The van der Waals surface area contributed by atoms with Gasteiger partial charge in [0, 0.05) is 21.9 Å². The molecule has 0 spiro atoms. The summed E-state index contributed by atoms with van der Waals surface area (Å²) in [6, 6.07) is 50.5. The fourth-order valence-corrected chi connectivity index (χ4v) is 6.72. The van der Waals surface area contributed by atoms with Gasteiger partial charge < -0.3 is 14.5 Å². The van der Waals surface area contributed by atoms with E-state index in [1.165, 1.54) is 11.1 Å². The van der Waals surface area contributed by atoms with Crippen molar-refractivity contribution in [1.82, 2.24) is 16.0 Å². The number of nitrogens with one attached hydrogen (secondary N) is 4. The standard InChI is InChI=1S/C40H32N4O2/c1-4-11-25(12-5-1)37-42-38(26-13-6-2-7-14-26)44-39(43-37)29-19-21-31-32-18-10-17-30(36(32)45-35(31)24-29)28-20-22-34-33(23-28)41-40(46-34)27-15-8-3-9-16-27/h1-24,37-44H. The molecular weight excluding hydrogens is 568 g/mol. The van der Waals surface area contributed by atoms with E-state index >= 15 is 0 Å². The van der Waals surface area contributed by atoms with Crippen LogP contribution in [0.25, 0.3) is 33.1 Å². The molecule has 6 aromatic carbocycles. The molecule has 6 nitrogen and oxygen atoms in total. The van der Waals surface area contributed by atoms with Crippen LogP contribution in [-0.4, -0.2) is 0 Å². The lowest BCUT2D eigenvalue weighted by molar-refractivity contribution is 0.203. The van der Waals surface area contributed by atoms with Crippen molar-refractivity contribution in [2.75, 3.05) is 5.32 Å². The van der Waals surface area contributed by atoms with Crippen molar-refractivity contribution in [2.45, 2.75) is 24.7 Å². The molecule has 0 bridgehead atoms. The third-order valence-corrected chi connectivity index (χ3v) is 9.05. The van der Waals surface area contributed by atoms with Gasteiger partial charge in [-0.1, -0.05) is 127 Å². The van der Waals surface area contributed by atoms with Gasteiger partial charge in [-0.25, -0.2) is 0 Å². The molecule has 7 aromatic rings. The van der Waals surface area contributed by atoms with Crippen LogP contribution < -0.4 is 26.0 Å². The summed E-state index contributed by atoms with van der Waals surface area (Å²) in [5.41, 5.74) is 9.43. The van der Waals surface area contributed by atoms with Crippen LogP contribution in [0.1, 0.15) is 47.0 Å². The first kappa shape index (κ1) is 27.0. The molecule has 224 valence electrons. The SMILES string of the molecule is c1ccc(C2NC(c3ccccc3)NC(c3ccc4c(c3)oc3c(-c5ccc6c(c5)NC(c5ccccc5)O6)cccc34)N2)cc1. The Hall–Kier alpha value is -5.40. The predicted octanol–water partition coefficient (Wildman–Crippen LogP) is 8.93. The Balaban J connectivity index is 1.06. The summed E-state index contributed by atoms with van der Waals surface area (Å²) in [6.45, 7) is 0. The van der Waals surface area contributed by atoms with Crippen molar-refractivity contribution < 1.29 is 9.15 Å². The van der Waals surface area contributed by atoms with Gasteiger partial charge in [-0.3, -0.25) is 16.0 Å². The minimum absolute atomic E-state index is 0.0329. The van der Waals surface area contributed by atoms with E-state index < -0.39 is 0 Å². The number of benzene rings is 6. The highest BCUT2D eigenvalue weighted by Crippen LogP contribution is 2.43. The van der Waals surface area contributed by atoms with E-state index in [1.807, 2.05) is 24.3 Å². The number of furan rings is 1. The normalized spacial score (nSPS) is 20.7. The molecule has 6 heteroatoms. The number of hydrogen-bond donors (Lipinski definition) is 4. The van der Waals surface area contributed by atoms with Crippen molar-refractivity contribution in [2.24, 2.45) is 0 Å². The number of para-hydroxylation sites is 1. The Bertz CT molecular complexity index is 2120. The highest BCUT2D eigenvalue weighted by atomic mass is 16.5. The maximum absolute atomic E-state index is 6.68. The van der Waals surface area contributed by atoms with Crippen molar-refractivity contribution >= 4 is 27.6 Å². The van der Waals surface area contributed by atoms with Crippen molar-refractivity contribution in [1.29, 1.82) is 0 Å². The van der Waals surface area contributed by atoms with Crippen LogP contribution in [-0.2, 0) is 0 Å². The van der Waals surface area contributed by atoms with Gasteiger partial charge in [-0.2, -0.15) is 0 Å². The lowest BCUT2D eigenvalue weighted by Gasteiger charge is -2.39. The first-order chi connectivity index (χ1) is 22.8. The zero-order valence-electron chi connectivity index (χ0n) is 25.0. The van der Waals surface area contributed by atoms with E-state index in [-0.39, 0.29) is 24.7 Å². The summed E-state index contributed by atoms with van der Waals surface area (Å²) >= 11 is 0. The minimum Gasteiger partial charge on any atom is -0.464 e. The van der Waals surface area contributed by atoms with Crippen LogP contribution in [0.15, 0.2) is 150 Å². The molecule has 0 radical (unpaired) electrons. The molecular formula is C40H32N4O2. The third kappa shape index (κ3) is 4.80. The van der Waals surface area contributed by atoms with E-state index in [0.717, 1.165) is 55.6 Å². The van der Waals surface area contributed by atoms with Gasteiger partial charge in [-0.05, 0) is 40.5 Å². The van der Waals surface area contributed by atoms with E-state index in [2.05, 4.69) is 143 Å². The van der Waals surface area contributed by atoms with E-state index in [9.17, 15) is 0 Å². The molecule has 0 saturated carbocycles. The van der Waals surface area contributed by atoms with Crippen molar-refractivity contribution in [3.8, 4) is 16.9 Å². The first-order valence-corrected chi connectivity index (χ1v) is 15.7. The largest absolute Gasteiger partial charge is 0.464 e. The molecule has 3 atom stereocenters. The Labute approximate surface area is 267 Å². The number of ether oxygens (including phenoxy) is 1. The molecule has 46 heavy (non-hydrogen) atoms. The third-order valence-electron chi connectivity index (χ3n) is 9.05. The number of rotatable bonds is 5. The molecule has 2 aliphatic heterocycles. The molecule has 2 aliphatic rings. The van der Waals surface area contributed by atoms with E-state index in [1.54, 1.807) is 0 Å². The van der Waals surface area contributed by atoms with Crippen LogP contribution in [0, 0.1) is 0 Å². The van der Waals surface area contributed by atoms with E-state index in [4.69, 9.17) is 9.15 Å². The Morgan fingerprint density at radius 2 is 1.11 bits per heavy atom. The number of anilines is 1. The molecule has 1 fully saturated rings. The Morgan fingerprint density at radius 3 is 1.78 bits per heavy atom. The fraction of sp³-hybridized carbons (Fsp3) is 0.100. The Kier molecular flexibility index (Phi) is 6.56. The van der Waals surface area contributed by atoms with Crippen LogP contribution in [0.4, 0.5) is 5.69 Å². The summed E-state index contributed by atoms with van der Waals surface area (Å²) in [4.78, 5) is 0. The van der Waals surface area contributed by atoms with Crippen LogP contribution in [0.2, 0.25) is 0 Å². The maximum Gasteiger partial charge on any atom is 0.196 e. The summed E-state index contributed by atoms with van der Waals surface area (Å²) in [6.07, 6.45) is -0.370. The zero-order chi connectivity index (χ0) is 30.5. The van der Waals surface area contributed by atoms with Crippen LogP contribution in [0.3, 0.4) is 0 Å².